The molecule has 3 aromatic heterocycles. The van der Waals surface area contributed by atoms with Crippen molar-refractivity contribution in [2.24, 2.45) is 13.0 Å². The molecule has 0 aliphatic heterocycles. The fourth-order valence-corrected chi connectivity index (χ4v) is 8.16. The first-order valence-corrected chi connectivity index (χ1v) is 19.1. The number of nitrogens with zero attached hydrogens (tertiary/aromatic N) is 5. The maximum Gasteiger partial charge on any atom is 0.293 e. The van der Waals surface area contributed by atoms with Crippen molar-refractivity contribution in [2.75, 3.05) is 5.33 Å². The number of ketones is 2. The minimum absolute atomic E-state index is 0.0322. The quantitative estimate of drug-likeness (QED) is 0.0767. The SMILES string of the molecule is Cn1nc(CC(=O)CBr)c2c(Cl)ccc(-c3ccc(C#CC(C)(C)O)nc3[C@@H](CC(=O)Cn3nc(C(F)F)c4c3C(F)(F)[C@@H]3C[C@H]43)Cc3cc(F)cc(F)c3)c21. The molecule has 7 rings (SSSR count). The van der Waals surface area contributed by atoms with Gasteiger partial charge in [-0.1, -0.05) is 39.5 Å². The summed E-state index contributed by atoms with van der Waals surface area (Å²) >= 11 is 9.87. The molecule has 2 aromatic carbocycles. The summed E-state index contributed by atoms with van der Waals surface area (Å²) < 4.78 is 90.3. The molecule has 16 heteroatoms. The molecule has 8 nitrogen and oxygen atoms in total. The lowest BCUT2D eigenvalue weighted by Gasteiger charge is -2.22. The Balaban J connectivity index is 1.38. The summed E-state index contributed by atoms with van der Waals surface area (Å²) in [5.74, 6) is -3.45. The average Bonchev–Trinajstić information content (AvgIpc) is 3.65. The number of rotatable bonds is 12. The van der Waals surface area contributed by atoms with Gasteiger partial charge in [-0.25, -0.2) is 22.5 Å². The van der Waals surface area contributed by atoms with Crippen molar-refractivity contribution in [1.82, 2.24) is 24.5 Å². The van der Waals surface area contributed by atoms with Gasteiger partial charge in [-0.2, -0.15) is 19.0 Å². The average molecular weight is 861 g/mol. The summed E-state index contributed by atoms with van der Waals surface area (Å²) in [6, 6.07) is 9.43. The molecule has 1 saturated carbocycles. The highest BCUT2D eigenvalue weighted by molar-refractivity contribution is 9.09. The highest BCUT2D eigenvalue weighted by Gasteiger charge is 2.67. The number of aryl methyl sites for hydroxylation is 1. The molecule has 3 atom stereocenters. The van der Waals surface area contributed by atoms with Gasteiger partial charge in [-0.3, -0.25) is 19.0 Å². The molecule has 56 heavy (non-hydrogen) atoms. The molecule has 0 amide bonds. The van der Waals surface area contributed by atoms with Gasteiger partial charge in [0.05, 0.1) is 33.7 Å². The van der Waals surface area contributed by atoms with Crippen molar-refractivity contribution < 1.29 is 41.0 Å². The van der Waals surface area contributed by atoms with Gasteiger partial charge in [0.1, 0.15) is 46.6 Å². The van der Waals surface area contributed by atoms with Gasteiger partial charge >= 0.3 is 0 Å². The summed E-state index contributed by atoms with van der Waals surface area (Å²) in [5, 5.41) is 19.6. The molecule has 0 saturated heterocycles. The second-order valence-corrected chi connectivity index (χ2v) is 15.7. The van der Waals surface area contributed by atoms with Gasteiger partial charge in [-0.05, 0) is 74.4 Å². The maximum atomic E-state index is 15.4. The lowest BCUT2D eigenvalue weighted by atomic mass is 9.86. The summed E-state index contributed by atoms with van der Waals surface area (Å²) in [5.41, 5.74) is -0.737. The Morgan fingerprint density at radius 2 is 1.75 bits per heavy atom. The summed E-state index contributed by atoms with van der Waals surface area (Å²) in [6.45, 7) is 2.17. The Labute approximate surface area is 330 Å². The van der Waals surface area contributed by atoms with Crippen LogP contribution in [0.4, 0.5) is 26.3 Å². The van der Waals surface area contributed by atoms with E-state index < -0.39 is 77.5 Å². The molecule has 1 N–H and O–H groups in total. The monoisotopic (exact) mass is 859 g/mol. The molecule has 0 spiro atoms. The van der Waals surface area contributed by atoms with Crippen LogP contribution in [-0.2, 0) is 41.9 Å². The third kappa shape index (κ3) is 7.63. The van der Waals surface area contributed by atoms with E-state index in [-0.39, 0.29) is 52.9 Å². The number of hydrogen-bond acceptors (Lipinski definition) is 6. The highest BCUT2D eigenvalue weighted by atomic mass is 79.9. The third-order valence-corrected chi connectivity index (χ3v) is 10.9. The largest absolute Gasteiger partial charge is 0.378 e. The fraction of sp³-hybridized carbons (Fsp3) is 0.375. The van der Waals surface area contributed by atoms with Gasteiger partial charge in [0.25, 0.3) is 12.3 Å². The molecular weight excluding hydrogens is 828 g/mol. The van der Waals surface area contributed by atoms with E-state index in [4.69, 9.17) is 16.6 Å². The van der Waals surface area contributed by atoms with Crippen LogP contribution in [0, 0.1) is 29.4 Å². The maximum absolute atomic E-state index is 15.4. The number of benzene rings is 2. The van der Waals surface area contributed by atoms with E-state index in [2.05, 4.69) is 38.0 Å². The predicted octanol–water partition coefficient (Wildman–Crippen LogP) is 8.52. The van der Waals surface area contributed by atoms with E-state index in [1.54, 1.807) is 36.0 Å². The van der Waals surface area contributed by atoms with Gasteiger partial charge in [0.15, 0.2) is 5.78 Å². The minimum Gasteiger partial charge on any atom is -0.378 e. The fourth-order valence-electron chi connectivity index (χ4n) is 7.70. The van der Waals surface area contributed by atoms with Crippen LogP contribution >= 0.6 is 27.5 Å². The zero-order valence-corrected chi connectivity index (χ0v) is 32.5. The highest BCUT2D eigenvalue weighted by Crippen LogP contribution is 2.68. The van der Waals surface area contributed by atoms with Gasteiger partial charge < -0.3 is 5.11 Å². The first-order chi connectivity index (χ1) is 26.4. The third-order valence-electron chi connectivity index (χ3n) is 9.99. The molecular formula is C40H33BrClF6N5O3. The van der Waals surface area contributed by atoms with Crippen LogP contribution in [0.1, 0.15) is 84.5 Å². The predicted molar refractivity (Wildman–Crippen MR) is 199 cm³/mol. The van der Waals surface area contributed by atoms with E-state index in [1.807, 2.05) is 0 Å². The van der Waals surface area contributed by atoms with Crippen molar-refractivity contribution in [3.05, 3.63) is 98.7 Å². The van der Waals surface area contributed by atoms with Crippen LogP contribution in [0.5, 0.6) is 0 Å². The standard InChI is InChI=1S/C40H33BrClF6N5O3/c1-39(2,56)9-8-23-4-5-26(27-6-7-30(42)33-31(15-24(54)17-41)50-52(3)36(27)33)34(49-23)20(10-19-11-21(43)14-22(44)12-19)13-25(55)18-53-37-32(35(51-53)38(45)46)28-16-29(28)40(37,47)48/h4-7,11-12,14,20,28-29,38,56H,10,13,15-18H2,1-3H3/t20-,28+,29-/m1/s1. The van der Waals surface area contributed by atoms with E-state index in [0.29, 0.717) is 43.5 Å². The lowest BCUT2D eigenvalue weighted by molar-refractivity contribution is -0.120. The number of carbonyl (C=O) groups is 2. The Morgan fingerprint density at radius 1 is 1.05 bits per heavy atom. The number of fused-ring (bicyclic) bond motifs is 4. The number of aromatic nitrogens is 5. The van der Waals surface area contributed by atoms with Crippen LogP contribution in [0.3, 0.4) is 0 Å². The summed E-state index contributed by atoms with van der Waals surface area (Å²) in [6.07, 6.45) is -3.75. The number of pyridine rings is 1. The molecule has 2 aliphatic rings. The smallest absolute Gasteiger partial charge is 0.293 e. The Kier molecular flexibility index (Phi) is 10.5. The topological polar surface area (TPSA) is 103 Å². The van der Waals surface area contributed by atoms with Crippen LogP contribution < -0.4 is 0 Å². The number of aliphatic hydroxyl groups is 1. The lowest BCUT2D eigenvalue weighted by Crippen LogP contribution is -2.24. The Morgan fingerprint density at radius 3 is 2.41 bits per heavy atom. The minimum atomic E-state index is -3.46. The number of hydrogen-bond donors (Lipinski definition) is 1. The molecule has 2 aliphatic carbocycles. The molecule has 5 aromatic rings. The van der Waals surface area contributed by atoms with E-state index >= 15 is 8.78 Å². The molecule has 3 heterocycles. The first-order valence-electron chi connectivity index (χ1n) is 17.6. The molecule has 1 fully saturated rings. The van der Waals surface area contributed by atoms with E-state index in [0.717, 1.165) is 12.1 Å². The number of halogens is 8. The number of alkyl halides is 5. The van der Waals surface area contributed by atoms with Crippen molar-refractivity contribution >= 4 is 50.0 Å². The molecule has 0 radical (unpaired) electrons. The number of carbonyl (C=O) groups excluding carboxylic acids is 2. The van der Waals surface area contributed by atoms with Gasteiger partial charge in [-0.15, -0.1) is 0 Å². The van der Waals surface area contributed by atoms with Crippen LogP contribution in [0.15, 0.2) is 42.5 Å². The Bertz CT molecular complexity index is 2460. The second-order valence-electron chi connectivity index (χ2n) is 14.8. The van der Waals surface area contributed by atoms with Crippen molar-refractivity contribution in [2.45, 2.75) is 75.9 Å². The van der Waals surface area contributed by atoms with Crippen molar-refractivity contribution in [3.8, 4) is 23.0 Å². The van der Waals surface area contributed by atoms with Crippen LogP contribution in [0.2, 0.25) is 5.02 Å². The summed E-state index contributed by atoms with van der Waals surface area (Å²) in [4.78, 5) is 31.3. The van der Waals surface area contributed by atoms with E-state index in [1.165, 1.54) is 13.8 Å². The Hall–Kier alpha value is -4.52. The van der Waals surface area contributed by atoms with Crippen LogP contribution in [-0.4, -0.2) is 52.1 Å². The van der Waals surface area contributed by atoms with Crippen molar-refractivity contribution in [3.63, 3.8) is 0 Å². The normalized spacial score (nSPS) is 17.4. The molecule has 292 valence electrons. The first kappa shape index (κ1) is 39.7. The number of Topliss-reactive ketones (excluding diaryl/α,β-unsaturated/α-hetero) is 2. The molecule has 0 unspecified atom stereocenters. The zero-order chi connectivity index (χ0) is 40.4. The zero-order valence-electron chi connectivity index (χ0n) is 30.1. The van der Waals surface area contributed by atoms with E-state index in [9.17, 15) is 32.3 Å². The van der Waals surface area contributed by atoms with Crippen LogP contribution in [0.25, 0.3) is 22.0 Å². The van der Waals surface area contributed by atoms with Gasteiger partial charge in [0, 0.05) is 53.4 Å². The summed E-state index contributed by atoms with van der Waals surface area (Å²) in [7, 11) is 1.66. The van der Waals surface area contributed by atoms with Gasteiger partial charge in [0.2, 0.25) is 0 Å². The van der Waals surface area contributed by atoms with Crippen molar-refractivity contribution in [1.29, 1.82) is 0 Å². The second kappa shape index (κ2) is 14.8. The molecule has 0 bridgehead atoms.